The summed E-state index contributed by atoms with van der Waals surface area (Å²) in [5, 5.41) is 18.7. The number of aromatic hydroxyl groups is 1. The Balaban J connectivity index is 2.97. The normalized spacial score (nSPS) is 10.4. The van der Waals surface area contributed by atoms with Crippen LogP contribution in [-0.4, -0.2) is 16.4 Å². The van der Waals surface area contributed by atoms with Gasteiger partial charge in [-0.3, -0.25) is 0 Å². The number of phenolic OH excluding ortho intramolecular Hbond substituents is 1. The summed E-state index contributed by atoms with van der Waals surface area (Å²) in [6.45, 7) is 4.15. The number of rotatable bonds is 7. The molecule has 0 fully saturated rings. The number of hydrogen-bond acceptors (Lipinski definition) is 3. The van der Waals surface area contributed by atoms with Crippen LogP contribution in [0.25, 0.3) is 0 Å². The van der Waals surface area contributed by atoms with Crippen LogP contribution in [0.4, 0.5) is 4.79 Å². The second-order valence-corrected chi connectivity index (χ2v) is 4.68. The van der Waals surface area contributed by atoms with Gasteiger partial charge in [-0.1, -0.05) is 39.2 Å². The van der Waals surface area contributed by atoms with Gasteiger partial charge in [-0.05, 0) is 36.5 Å². The quantitative estimate of drug-likeness (QED) is 0.442. The number of unbranched alkanes of at least 4 members (excludes halogenated alkanes) is 2. The van der Waals surface area contributed by atoms with Crippen molar-refractivity contribution >= 4 is 6.16 Å². The van der Waals surface area contributed by atoms with Crippen LogP contribution >= 0.6 is 0 Å². The molecule has 0 saturated heterocycles. The maximum Gasteiger partial charge on any atom is 0.511 e. The lowest BCUT2D eigenvalue weighted by Gasteiger charge is -2.11. The molecule has 0 spiro atoms. The molecule has 0 aromatic heterocycles. The van der Waals surface area contributed by atoms with Gasteiger partial charge in [0.15, 0.2) is 11.5 Å². The number of carboxylic acid groups (broad SMARTS) is 1. The fourth-order valence-electron chi connectivity index (χ4n) is 2.08. The first-order chi connectivity index (χ1) is 9.08. The Morgan fingerprint density at radius 1 is 1.16 bits per heavy atom. The van der Waals surface area contributed by atoms with Crippen molar-refractivity contribution in [3.8, 4) is 11.5 Å². The van der Waals surface area contributed by atoms with Crippen molar-refractivity contribution in [1.82, 2.24) is 0 Å². The fourth-order valence-corrected chi connectivity index (χ4v) is 2.08. The molecule has 1 aromatic carbocycles. The van der Waals surface area contributed by atoms with Gasteiger partial charge in [-0.15, -0.1) is 0 Å². The lowest BCUT2D eigenvalue weighted by atomic mass is 10.0. The minimum atomic E-state index is -1.40. The van der Waals surface area contributed by atoms with Crippen molar-refractivity contribution in [2.24, 2.45) is 0 Å². The lowest BCUT2D eigenvalue weighted by molar-refractivity contribution is 0.142. The average Bonchev–Trinajstić information content (AvgIpc) is 2.35. The molecule has 4 heteroatoms. The minimum Gasteiger partial charge on any atom is -0.504 e. The molecule has 106 valence electrons. The molecule has 0 radical (unpaired) electrons. The molecule has 2 N–H and O–H groups in total. The summed E-state index contributed by atoms with van der Waals surface area (Å²) in [7, 11) is 0. The maximum absolute atomic E-state index is 10.6. The van der Waals surface area contributed by atoms with E-state index in [1.165, 1.54) is 0 Å². The number of phenols is 1. The lowest BCUT2D eigenvalue weighted by Crippen LogP contribution is -2.05. The highest BCUT2D eigenvalue weighted by atomic mass is 16.7. The van der Waals surface area contributed by atoms with Crippen LogP contribution in [-0.2, 0) is 12.8 Å². The SMILES string of the molecule is CCCCCc1cc(CCC)c(O)c(OC(=O)O)c1. The van der Waals surface area contributed by atoms with Crippen LogP contribution in [0.5, 0.6) is 11.5 Å². The molecule has 1 aromatic rings. The predicted octanol–water partition coefficient (Wildman–Crippen LogP) is 4.13. The molecule has 0 heterocycles. The van der Waals surface area contributed by atoms with Crippen molar-refractivity contribution in [1.29, 1.82) is 0 Å². The Kier molecular flexibility index (Phi) is 6.19. The molecule has 0 amide bonds. The largest absolute Gasteiger partial charge is 0.511 e. The van der Waals surface area contributed by atoms with Crippen molar-refractivity contribution in [3.05, 3.63) is 23.3 Å². The summed E-state index contributed by atoms with van der Waals surface area (Å²) in [5.41, 5.74) is 1.78. The molecule has 0 bridgehead atoms. The zero-order valence-corrected chi connectivity index (χ0v) is 11.6. The number of benzene rings is 1. The Bertz CT molecular complexity index is 426. The van der Waals surface area contributed by atoms with E-state index in [2.05, 4.69) is 11.7 Å². The van der Waals surface area contributed by atoms with E-state index in [4.69, 9.17) is 5.11 Å². The Morgan fingerprint density at radius 3 is 2.47 bits per heavy atom. The molecule has 0 atom stereocenters. The Hall–Kier alpha value is -1.71. The van der Waals surface area contributed by atoms with Gasteiger partial charge in [-0.25, -0.2) is 4.79 Å². The van der Waals surface area contributed by atoms with Crippen LogP contribution in [0.3, 0.4) is 0 Å². The van der Waals surface area contributed by atoms with Crippen LogP contribution in [0, 0.1) is 0 Å². The Morgan fingerprint density at radius 2 is 1.89 bits per heavy atom. The van der Waals surface area contributed by atoms with E-state index < -0.39 is 6.16 Å². The van der Waals surface area contributed by atoms with Gasteiger partial charge in [0.25, 0.3) is 0 Å². The second kappa shape index (κ2) is 7.67. The summed E-state index contributed by atoms with van der Waals surface area (Å²) in [6.07, 6.45) is 4.41. The highest BCUT2D eigenvalue weighted by Crippen LogP contribution is 2.33. The molecular weight excluding hydrogens is 244 g/mol. The molecular formula is C15H22O4. The molecule has 0 unspecified atom stereocenters. The highest BCUT2D eigenvalue weighted by molar-refractivity contribution is 5.64. The van der Waals surface area contributed by atoms with E-state index in [1.807, 2.05) is 13.0 Å². The van der Waals surface area contributed by atoms with Crippen LogP contribution in [0.1, 0.15) is 50.7 Å². The minimum absolute atomic E-state index is 0.0462. The molecule has 4 nitrogen and oxygen atoms in total. The van der Waals surface area contributed by atoms with E-state index in [0.29, 0.717) is 6.42 Å². The first-order valence-corrected chi connectivity index (χ1v) is 6.84. The van der Waals surface area contributed by atoms with Crippen LogP contribution in [0.15, 0.2) is 12.1 Å². The monoisotopic (exact) mass is 266 g/mol. The van der Waals surface area contributed by atoms with Crippen molar-refractivity contribution in [2.75, 3.05) is 0 Å². The standard InChI is InChI=1S/C15H22O4/c1-3-5-6-8-11-9-12(7-4-2)14(16)13(10-11)19-15(17)18/h9-10,16H,3-8H2,1-2H3,(H,17,18). The van der Waals surface area contributed by atoms with Gasteiger partial charge >= 0.3 is 6.16 Å². The van der Waals surface area contributed by atoms with Gasteiger partial charge < -0.3 is 14.9 Å². The number of ether oxygens (including phenoxy) is 1. The first kappa shape index (κ1) is 15.3. The van der Waals surface area contributed by atoms with Crippen LogP contribution < -0.4 is 4.74 Å². The summed E-state index contributed by atoms with van der Waals surface area (Å²) in [6, 6.07) is 3.57. The van der Waals surface area contributed by atoms with E-state index in [1.54, 1.807) is 6.07 Å². The molecule has 0 aliphatic heterocycles. The van der Waals surface area contributed by atoms with Gasteiger partial charge in [0.05, 0.1) is 0 Å². The third-order valence-corrected chi connectivity index (χ3v) is 3.00. The summed E-state index contributed by atoms with van der Waals surface area (Å²) >= 11 is 0. The zero-order chi connectivity index (χ0) is 14.3. The second-order valence-electron chi connectivity index (χ2n) is 4.68. The summed E-state index contributed by atoms with van der Waals surface area (Å²) in [5.74, 6) is -0.00607. The van der Waals surface area contributed by atoms with Crippen molar-refractivity contribution < 1.29 is 19.7 Å². The fraction of sp³-hybridized carbons (Fsp3) is 0.533. The third-order valence-electron chi connectivity index (χ3n) is 3.00. The maximum atomic E-state index is 10.6. The van der Waals surface area contributed by atoms with Gasteiger partial charge in [-0.2, -0.15) is 0 Å². The predicted molar refractivity (Wildman–Crippen MR) is 74.0 cm³/mol. The molecule has 0 saturated carbocycles. The number of aryl methyl sites for hydroxylation is 2. The van der Waals surface area contributed by atoms with E-state index >= 15 is 0 Å². The molecule has 0 aliphatic carbocycles. The topological polar surface area (TPSA) is 66.8 Å². The van der Waals surface area contributed by atoms with Gasteiger partial charge in [0.1, 0.15) is 0 Å². The number of hydrogen-bond donors (Lipinski definition) is 2. The first-order valence-electron chi connectivity index (χ1n) is 6.84. The average molecular weight is 266 g/mol. The third kappa shape index (κ3) is 4.81. The van der Waals surface area contributed by atoms with Crippen molar-refractivity contribution in [2.45, 2.75) is 52.4 Å². The molecule has 0 aliphatic rings. The summed E-state index contributed by atoms with van der Waals surface area (Å²) < 4.78 is 4.65. The van der Waals surface area contributed by atoms with Crippen molar-refractivity contribution in [3.63, 3.8) is 0 Å². The summed E-state index contributed by atoms with van der Waals surface area (Å²) in [4.78, 5) is 10.6. The Labute approximate surface area is 114 Å². The van der Waals surface area contributed by atoms with Crippen LogP contribution in [0.2, 0.25) is 0 Å². The zero-order valence-electron chi connectivity index (χ0n) is 11.6. The van der Waals surface area contributed by atoms with Gasteiger partial charge in [0.2, 0.25) is 0 Å². The highest BCUT2D eigenvalue weighted by Gasteiger charge is 2.13. The van der Waals surface area contributed by atoms with Gasteiger partial charge in [0, 0.05) is 0 Å². The van der Waals surface area contributed by atoms with E-state index in [0.717, 1.165) is 43.2 Å². The molecule has 19 heavy (non-hydrogen) atoms. The number of carbonyl (C=O) groups is 1. The molecule has 1 rings (SSSR count). The van der Waals surface area contributed by atoms with E-state index in [9.17, 15) is 9.90 Å². The smallest absolute Gasteiger partial charge is 0.504 e. The van der Waals surface area contributed by atoms with E-state index in [-0.39, 0.29) is 11.5 Å².